The first-order valence-corrected chi connectivity index (χ1v) is 4.86. The Balaban J connectivity index is 0.00000196. The van der Waals surface area contributed by atoms with Gasteiger partial charge in [0.2, 0.25) is 0 Å². The van der Waals surface area contributed by atoms with E-state index in [0.717, 1.165) is 0 Å². The van der Waals surface area contributed by atoms with Crippen molar-refractivity contribution < 1.29 is 10.2 Å². The smallest absolute Gasteiger partial charge is 0.139 e. The molecule has 0 aromatic heterocycles. The zero-order valence-corrected chi connectivity index (χ0v) is 10.1. The molecule has 0 bridgehead atoms. The van der Waals surface area contributed by atoms with Crippen LogP contribution in [0.1, 0.15) is 18.0 Å². The summed E-state index contributed by atoms with van der Waals surface area (Å²) in [5, 5.41) is 18.8. The Morgan fingerprint density at radius 2 is 1.93 bits per heavy atom. The van der Waals surface area contributed by atoms with Crippen molar-refractivity contribution in [1.82, 2.24) is 0 Å². The highest BCUT2D eigenvalue weighted by Gasteiger charge is 2.14. The molecule has 0 spiro atoms. The van der Waals surface area contributed by atoms with Gasteiger partial charge in [-0.05, 0) is 18.6 Å². The van der Waals surface area contributed by atoms with Gasteiger partial charge in [-0.1, -0.05) is 23.2 Å². The van der Waals surface area contributed by atoms with Crippen molar-refractivity contribution in [2.24, 2.45) is 5.73 Å². The third kappa shape index (κ3) is 3.70. The van der Waals surface area contributed by atoms with Gasteiger partial charge in [0.15, 0.2) is 0 Å². The van der Waals surface area contributed by atoms with E-state index in [-0.39, 0.29) is 29.8 Å². The average molecular weight is 273 g/mol. The zero-order chi connectivity index (χ0) is 10.7. The first kappa shape index (κ1) is 14.8. The van der Waals surface area contributed by atoms with E-state index in [1.54, 1.807) is 6.07 Å². The van der Waals surface area contributed by atoms with Crippen LogP contribution in [0.4, 0.5) is 0 Å². The number of hydrogen-bond acceptors (Lipinski definition) is 3. The van der Waals surface area contributed by atoms with Gasteiger partial charge in [0, 0.05) is 23.2 Å². The molecule has 0 saturated heterocycles. The Labute approximate surface area is 104 Å². The van der Waals surface area contributed by atoms with Crippen molar-refractivity contribution in [1.29, 1.82) is 0 Å². The molecule has 0 aliphatic carbocycles. The van der Waals surface area contributed by atoms with E-state index in [0.29, 0.717) is 17.0 Å². The summed E-state index contributed by atoms with van der Waals surface area (Å²) in [6.45, 7) is -0.0509. The minimum absolute atomic E-state index is 0. The van der Waals surface area contributed by atoms with Gasteiger partial charge in [0.25, 0.3) is 0 Å². The highest BCUT2D eigenvalue weighted by molar-refractivity contribution is 6.35. The van der Waals surface area contributed by atoms with Gasteiger partial charge in [0.1, 0.15) is 5.75 Å². The van der Waals surface area contributed by atoms with Crippen LogP contribution in [0.3, 0.4) is 0 Å². The molecular formula is C9H12Cl3NO2. The SMILES string of the molecule is Cl.N[C@@H](CCO)c1cc(Cl)cc(Cl)c1O. The van der Waals surface area contributed by atoms with Crippen molar-refractivity contribution in [3.05, 3.63) is 27.7 Å². The lowest BCUT2D eigenvalue weighted by Gasteiger charge is -2.13. The Kier molecular flexibility index (Phi) is 6.32. The molecule has 86 valence electrons. The van der Waals surface area contributed by atoms with Crippen molar-refractivity contribution in [3.63, 3.8) is 0 Å². The molecule has 4 N–H and O–H groups in total. The number of aliphatic hydroxyl groups excluding tert-OH is 1. The molecule has 0 amide bonds. The molecule has 15 heavy (non-hydrogen) atoms. The zero-order valence-electron chi connectivity index (χ0n) is 7.78. The number of halogens is 3. The quantitative estimate of drug-likeness (QED) is 0.792. The van der Waals surface area contributed by atoms with Crippen molar-refractivity contribution >= 4 is 35.6 Å². The van der Waals surface area contributed by atoms with Gasteiger partial charge in [-0.25, -0.2) is 0 Å². The van der Waals surface area contributed by atoms with Crippen LogP contribution >= 0.6 is 35.6 Å². The van der Waals surface area contributed by atoms with Crippen molar-refractivity contribution in [3.8, 4) is 5.75 Å². The van der Waals surface area contributed by atoms with E-state index < -0.39 is 6.04 Å². The Hall–Kier alpha value is -0.190. The monoisotopic (exact) mass is 271 g/mol. The number of aliphatic hydroxyl groups is 1. The molecule has 6 heteroatoms. The minimum Gasteiger partial charge on any atom is -0.506 e. The lowest BCUT2D eigenvalue weighted by atomic mass is 10.0. The lowest BCUT2D eigenvalue weighted by molar-refractivity contribution is 0.275. The third-order valence-corrected chi connectivity index (χ3v) is 2.40. The topological polar surface area (TPSA) is 66.5 Å². The van der Waals surface area contributed by atoms with Gasteiger partial charge in [0.05, 0.1) is 5.02 Å². The highest BCUT2D eigenvalue weighted by atomic mass is 35.5. The predicted molar refractivity (Wildman–Crippen MR) is 64.0 cm³/mol. The van der Waals surface area contributed by atoms with Crippen LogP contribution in [0.15, 0.2) is 12.1 Å². The summed E-state index contributed by atoms with van der Waals surface area (Å²) in [5.41, 5.74) is 6.16. The van der Waals surface area contributed by atoms with Gasteiger partial charge in [-0.3, -0.25) is 0 Å². The summed E-state index contributed by atoms with van der Waals surface area (Å²) in [5.74, 6) is -0.0722. The minimum atomic E-state index is -0.462. The van der Waals surface area contributed by atoms with E-state index in [1.807, 2.05) is 0 Å². The molecule has 1 atom stereocenters. The molecule has 0 aliphatic rings. The molecular weight excluding hydrogens is 260 g/mol. The fourth-order valence-corrected chi connectivity index (χ4v) is 1.67. The maximum Gasteiger partial charge on any atom is 0.139 e. The Morgan fingerprint density at radius 1 is 1.33 bits per heavy atom. The molecule has 1 aromatic carbocycles. The van der Waals surface area contributed by atoms with Gasteiger partial charge >= 0.3 is 0 Å². The maximum absolute atomic E-state index is 9.57. The van der Waals surface area contributed by atoms with Crippen LogP contribution in [-0.4, -0.2) is 16.8 Å². The summed E-state index contributed by atoms with van der Waals surface area (Å²) in [6.07, 6.45) is 0.351. The largest absolute Gasteiger partial charge is 0.506 e. The molecule has 0 fully saturated rings. The van der Waals surface area contributed by atoms with Crippen molar-refractivity contribution in [2.45, 2.75) is 12.5 Å². The predicted octanol–water partition coefficient (Wildman–Crippen LogP) is 2.50. The van der Waals surface area contributed by atoms with Crippen LogP contribution in [0.5, 0.6) is 5.75 Å². The fourth-order valence-electron chi connectivity index (χ4n) is 1.16. The average Bonchev–Trinajstić information content (AvgIpc) is 2.11. The van der Waals surface area contributed by atoms with E-state index >= 15 is 0 Å². The molecule has 1 aromatic rings. The molecule has 0 heterocycles. The molecule has 0 unspecified atom stereocenters. The Bertz CT molecular complexity index is 333. The normalized spacial score (nSPS) is 12.0. The second-order valence-corrected chi connectivity index (χ2v) is 3.79. The first-order chi connectivity index (χ1) is 6.56. The van der Waals surface area contributed by atoms with E-state index in [9.17, 15) is 5.11 Å². The lowest BCUT2D eigenvalue weighted by Crippen LogP contribution is -2.12. The fraction of sp³-hybridized carbons (Fsp3) is 0.333. The Morgan fingerprint density at radius 3 is 2.47 bits per heavy atom. The van der Waals surface area contributed by atoms with Gasteiger partial charge in [-0.15, -0.1) is 12.4 Å². The summed E-state index contributed by atoms with van der Waals surface area (Å²) in [6, 6.07) is 2.52. The summed E-state index contributed by atoms with van der Waals surface area (Å²) in [4.78, 5) is 0. The highest BCUT2D eigenvalue weighted by Crippen LogP contribution is 2.34. The van der Waals surface area contributed by atoms with Crippen LogP contribution in [0, 0.1) is 0 Å². The molecule has 1 rings (SSSR count). The van der Waals surface area contributed by atoms with Crippen molar-refractivity contribution in [2.75, 3.05) is 6.61 Å². The first-order valence-electron chi connectivity index (χ1n) is 4.10. The van der Waals surface area contributed by atoms with E-state index in [4.69, 9.17) is 34.0 Å². The number of nitrogens with two attached hydrogens (primary N) is 1. The number of rotatable bonds is 3. The second-order valence-electron chi connectivity index (χ2n) is 2.94. The third-order valence-electron chi connectivity index (χ3n) is 1.90. The maximum atomic E-state index is 9.57. The molecule has 0 radical (unpaired) electrons. The summed E-state index contributed by atoms with van der Waals surface area (Å²) >= 11 is 11.5. The number of aromatic hydroxyl groups is 1. The van der Waals surface area contributed by atoms with Crippen LogP contribution < -0.4 is 5.73 Å². The number of phenolic OH excluding ortho intramolecular Hbond substituents is 1. The van der Waals surface area contributed by atoms with Crippen LogP contribution in [-0.2, 0) is 0 Å². The van der Waals surface area contributed by atoms with E-state index in [2.05, 4.69) is 0 Å². The number of benzene rings is 1. The van der Waals surface area contributed by atoms with Gasteiger partial charge < -0.3 is 15.9 Å². The second kappa shape index (κ2) is 6.40. The summed E-state index contributed by atoms with van der Waals surface area (Å²) in [7, 11) is 0. The molecule has 3 nitrogen and oxygen atoms in total. The summed E-state index contributed by atoms with van der Waals surface area (Å²) < 4.78 is 0. The van der Waals surface area contributed by atoms with E-state index in [1.165, 1.54) is 6.07 Å². The number of phenols is 1. The van der Waals surface area contributed by atoms with Gasteiger partial charge in [-0.2, -0.15) is 0 Å². The number of hydrogen-bond donors (Lipinski definition) is 3. The molecule has 0 aliphatic heterocycles. The molecule has 0 saturated carbocycles. The van der Waals surface area contributed by atoms with Crippen LogP contribution in [0.25, 0.3) is 0 Å². The standard InChI is InChI=1S/C9H11Cl2NO2.ClH/c10-5-3-6(8(12)1-2-13)9(14)7(11)4-5;/h3-4,8,13-14H,1-2,12H2;1H/t8-;/m0./s1. The van der Waals surface area contributed by atoms with Crippen LogP contribution in [0.2, 0.25) is 10.0 Å².